The minimum atomic E-state index is -0.402. The summed E-state index contributed by atoms with van der Waals surface area (Å²) in [5.41, 5.74) is 0.774. The first-order valence-electron chi connectivity index (χ1n) is 5.83. The second-order valence-electron chi connectivity index (χ2n) is 3.83. The summed E-state index contributed by atoms with van der Waals surface area (Å²) in [6, 6.07) is 10.2. The minimum Gasteiger partial charge on any atom is -0.384 e. The van der Waals surface area contributed by atoms with Gasteiger partial charge in [0.05, 0.1) is 0 Å². The zero-order valence-electron chi connectivity index (χ0n) is 10.4. The van der Waals surface area contributed by atoms with Gasteiger partial charge in [-0.05, 0) is 42.3 Å². The van der Waals surface area contributed by atoms with Crippen molar-refractivity contribution < 1.29 is 14.3 Å². The fourth-order valence-electron chi connectivity index (χ4n) is 1.49. The van der Waals surface area contributed by atoms with Gasteiger partial charge in [0.15, 0.2) is 0 Å². The Bertz CT molecular complexity index is 672. The molecule has 2 rings (SSSR count). The van der Waals surface area contributed by atoms with Gasteiger partial charge in [-0.3, -0.25) is 4.79 Å². The third-order valence-electron chi connectivity index (χ3n) is 2.39. The summed E-state index contributed by atoms with van der Waals surface area (Å²) in [4.78, 5) is 16.0. The number of carbonyl (C=O) groups excluding carboxylic acids is 1. The van der Waals surface area contributed by atoms with Gasteiger partial charge in [-0.1, -0.05) is 12.0 Å². The van der Waals surface area contributed by atoms with Crippen molar-refractivity contribution in [1.29, 1.82) is 0 Å². The first-order valence-corrected chi connectivity index (χ1v) is 5.83. The van der Waals surface area contributed by atoms with E-state index in [-0.39, 0.29) is 12.5 Å². The van der Waals surface area contributed by atoms with Crippen LogP contribution in [0.15, 0.2) is 42.5 Å². The molecule has 0 unspecified atom stereocenters. The van der Waals surface area contributed by atoms with Crippen molar-refractivity contribution in [1.82, 2.24) is 4.98 Å². The molecule has 0 aliphatic carbocycles. The van der Waals surface area contributed by atoms with Crippen molar-refractivity contribution in [2.45, 2.75) is 0 Å². The van der Waals surface area contributed by atoms with Gasteiger partial charge in [-0.15, -0.1) is 0 Å². The monoisotopic (exact) mass is 270 g/mol. The number of amides is 1. The molecule has 0 saturated heterocycles. The Morgan fingerprint density at radius 1 is 1.25 bits per heavy atom. The van der Waals surface area contributed by atoms with E-state index in [1.54, 1.807) is 18.2 Å². The van der Waals surface area contributed by atoms with Crippen LogP contribution in [0.5, 0.6) is 0 Å². The van der Waals surface area contributed by atoms with Gasteiger partial charge in [0.1, 0.15) is 23.9 Å². The molecule has 0 spiro atoms. The van der Waals surface area contributed by atoms with Crippen LogP contribution in [-0.4, -0.2) is 22.6 Å². The minimum absolute atomic E-state index is 0.256. The largest absolute Gasteiger partial charge is 0.384 e. The predicted octanol–water partition coefficient (Wildman–Crippen LogP) is 1.82. The van der Waals surface area contributed by atoms with Crippen LogP contribution in [0.3, 0.4) is 0 Å². The number of aromatic nitrogens is 1. The molecule has 1 aromatic heterocycles. The zero-order valence-corrected chi connectivity index (χ0v) is 10.4. The Hall–Kier alpha value is -2.71. The molecule has 1 heterocycles. The molecule has 1 aromatic carbocycles. The first kappa shape index (κ1) is 13.7. The van der Waals surface area contributed by atoms with Crippen LogP contribution in [0.4, 0.5) is 10.2 Å². The Morgan fingerprint density at radius 2 is 2.00 bits per heavy atom. The second kappa shape index (κ2) is 6.45. The van der Waals surface area contributed by atoms with Crippen LogP contribution < -0.4 is 5.32 Å². The van der Waals surface area contributed by atoms with Gasteiger partial charge in [0.25, 0.3) is 5.91 Å². The molecule has 4 nitrogen and oxygen atoms in total. The Morgan fingerprint density at radius 3 is 2.70 bits per heavy atom. The van der Waals surface area contributed by atoms with Gasteiger partial charge in [-0.25, -0.2) is 9.37 Å². The second-order valence-corrected chi connectivity index (χ2v) is 3.83. The molecule has 0 atom stereocenters. The fraction of sp³-hybridized carbons (Fsp3) is 0.0667. The number of benzene rings is 1. The number of aliphatic hydroxyl groups excluding tert-OH is 1. The number of nitrogens with one attached hydrogen (secondary N) is 1. The summed E-state index contributed by atoms with van der Waals surface area (Å²) in [5, 5.41) is 11.2. The molecule has 0 radical (unpaired) electrons. The highest BCUT2D eigenvalue weighted by atomic mass is 19.1. The lowest BCUT2D eigenvalue weighted by Crippen LogP contribution is -2.13. The van der Waals surface area contributed by atoms with Crippen LogP contribution in [-0.2, 0) is 0 Å². The predicted molar refractivity (Wildman–Crippen MR) is 72.6 cm³/mol. The molecule has 1 amide bonds. The van der Waals surface area contributed by atoms with Crippen LogP contribution in [0, 0.1) is 17.7 Å². The number of carbonyl (C=O) groups is 1. The summed E-state index contributed by atoms with van der Waals surface area (Å²) < 4.78 is 12.8. The summed E-state index contributed by atoms with van der Waals surface area (Å²) in [5.74, 6) is 4.67. The molecule has 5 heteroatoms. The van der Waals surface area contributed by atoms with E-state index in [4.69, 9.17) is 5.11 Å². The SMILES string of the molecule is O=C(Nc1cccc(C#CCO)n1)c1ccc(F)cc1. The number of nitrogens with zero attached hydrogens (tertiary/aromatic N) is 1. The van der Waals surface area contributed by atoms with Crippen LogP contribution in [0.25, 0.3) is 0 Å². The summed E-state index contributed by atoms with van der Waals surface area (Å²) >= 11 is 0. The molecule has 0 bridgehead atoms. The standard InChI is InChI=1S/C15H11FN2O2/c16-12-8-6-11(7-9-12)15(20)18-14-5-1-3-13(17-14)4-2-10-19/h1,3,5-9,19H,10H2,(H,17,18,20). The van der Waals surface area contributed by atoms with Crippen LogP contribution in [0.1, 0.15) is 16.1 Å². The zero-order chi connectivity index (χ0) is 14.4. The Balaban J connectivity index is 2.13. The highest BCUT2D eigenvalue weighted by Crippen LogP contribution is 2.08. The first-order chi connectivity index (χ1) is 9.69. The lowest BCUT2D eigenvalue weighted by Gasteiger charge is -2.04. The average molecular weight is 270 g/mol. The fourth-order valence-corrected chi connectivity index (χ4v) is 1.49. The third-order valence-corrected chi connectivity index (χ3v) is 2.39. The maximum atomic E-state index is 12.8. The number of rotatable bonds is 2. The molecule has 0 aliphatic heterocycles. The lowest BCUT2D eigenvalue weighted by atomic mass is 10.2. The van der Waals surface area contributed by atoms with Crippen molar-refractivity contribution in [3.8, 4) is 11.8 Å². The maximum absolute atomic E-state index is 12.8. The van der Waals surface area contributed by atoms with E-state index in [0.29, 0.717) is 17.1 Å². The van der Waals surface area contributed by atoms with E-state index < -0.39 is 5.82 Å². The van der Waals surface area contributed by atoms with Gasteiger partial charge in [0, 0.05) is 5.56 Å². The van der Waals surface area contributed by atoms with Crippen LogP contribution >= 0.6 is 0 Å². The smallest absolute Gasteiger partial charge is 0.256 e. The van der Waals surface area contributed by atoms with Crippen molar-refractivity contribution in [3.05, 3.63) is 59.5 Å². The number of anilines is 1. The van der Waals surface area contributed by atoms with E-state index in [1.807, 2.05) is 0 Å². The van der Waals surface area contributed by atoms with E-state index >= 15 is 0 Å². The normalized spacial score (nSPS) is 9.50. The Kier molecular flexibility index (Phi) is 4.43. The van der Waals surface area contributed by atoms with Gasteiger partial charge >= 0.3 is 0 Å². The molecular formula is C15H11FN2O2. The molecule has 2 N–H and O–H groups in total. The average Bonchev–Trinajstić information content (AvgIpc) is 2.46. The van der Waals surface area contributed by atoms with Crippen molar-refractivity contribution in [3.63, 3.8) is 0 Å². The number of hydrogen-bond acceptors (Lipinski definition) is 3. The van der Waals surface area contributed by atoms with Crippen LogP contribution in [0.2, 0.25) is 0 Å². The summed E-state index contributed by atoms with van der Waals surface area (Å²) in [7, 11) is 0. The highest BCUT2D eigenvalue weighted by Gasteiger charge is 2.06. The number of aliphatic hydroxyl groups is 1. The van der Waals surface area contributed by atoms with E-state index in [9.17, 15) is 9.18 Å². The molecule has 100 valence electrons. The summed E-state index contributed by atoms with van der Waals surface area (Å²) in [6.45, 7) is -0.256. The van der Waals surface area contributed by atoms with Crippen molar-refractivity contribution >= 4 is 11.7 Å². The quantitative estimate of drug-likeness (QED) is 0.818. The highest BCUT2D eigenvalue weighted by molar-refractivity contribution is 6.03. The van der Waals surface area contributed by atoms with Gasteiger partial charge in [-0.2, -0.15) is 0 Å². The summed E-state index contributed by atoms with van der Waals surface area (Å²) in [6.07, 6.45) is 0. The lowest BCUT2D eigenvalue weighted by molar-refractivity contribution is 0.102. The molecule has 2 aromatic rings. The Labute approximate surface area is 115 Å². The van der Waals surface area contributed by atoms with E-state index in [2.05, 4.69) is 22.1 Å². The molecule has 20 heavy (non-hydrogen) atoms. The third kappa shape index (κ3) is 3.64. The van der Waals surface area contributed by atoms with Gasteiger partial charge in [0.2, 0.25) is 0 Å². The van der Waals surface area contributed by atoms with Crippen molar-refractivity contribution in [2.24, 2.45) is 0 Å². The topological polar surface area (TPSA) is 62.2 Å². The van der Waals surface area contributed by atoms with Gasteiger partial charge < -0.3 is 10.4 Å². The van der Waals surface area contributed by atoms with Crippen molar-refractivity contribution in [2.75, 3.05) is 11.9 Å². The number of hydrogen-bond donors (Lipinski definition) is 2. The molecule has 0 fully saturated rings. The van der Waals surface area contributed by atoms with E-state index in [0.717, 1.165) is 0 Å². The number of pyridine rings is 1. The molecule has 0 saturated carbocycles. The molecule has 0 aliphatic rings. The number of halogens is 1. The maximum Gasteiger partial charge on any atom is 0.256 e. The van der Waals surface area contributed by atoms with E-state index in [1.165, 1.54) is 24.3 Å². The molecular weight excluding hydrogens is 259 g/mol.